The molecule has 7 nitrogen and oxygen atoms in total. The molecule has 0 amide bonds. The van der Waals surface area contributed by atoms with E-state index >= 15 is 0 Å². The zero-order valence-corrected chi connectivity index (χ0v) is 12.5. The Morgan fingerprint density at radius 3 is 2.57 bits per heavy atom. The number of aliphatic hydroxyl groups is 1. The molecular formula is C13H18N2O5S. The number of aryl methyl sites for hydroxylation is 1. The zero-order valence-electron chi connectivity index (χ0n) is 11.7. The molecule has 1 aliphatic rings. The lowest BCUT2D eigenvalue weighted by Gasteiger charge is -2.22. The van der Waals surface area contributed by atoms with Gasteiger partial charge in [0.25, 0.3) is 5.69 Å². The lowest BCUT2D eigenvalue weighted by molar-refractivity contribution is -0.387. The predicted octanol–water partition coefficient (Wildman–Crippen LogP) is 1.49. The summed E-state index contributed by atoms with van der Waals surface area (Å²) >= 11 is 0. The molecule has 1 aromatic rings. The van der Waals surface area contributed by atoms with Gasteiger partial charge in [-0.15, -0.1) is 0 Å². The molecular weight excluding hydrogens is 296 g/mol. The van der Waals surface area contributed by atoms with Crippen LogP contribution in [0.3, 0.4) is 0 Å². The summed E-state index contributed by atoms with van der Waals surface area (Å²) in [5, 5.41) is 21.2. The van der Waals surface area contributed by atoms with Crippen LogP contribution in [0.5, 0.6) is 0 Å². The highest BCUT2D eigenvalue weighted by atomic mass is 32.2. The van der Waals surface area contributed by atoms with Crippen LogP contribution < -0.4 is 4.72 Å². The third-order valence-electron chi connectivity index (χ3n) is 3.78. The van der Waals surface area contributed by atoms with Gasteiger partial charge < -0.3 is 5.11 Å². The van der Waals surface area contributed by atoms with Gasteiger partial charge in [0.15, 0.2) is 4.90 Å². The van der Waals surface area contributed by atoms with Crippen LogP contribution in [0.4, 0.5) is 5.69 Å². The highest BCUT2D eigenvalue weighted by Gasteiger charge is 2.34. The number of nitro benzene ring substituents is 1. The van der Waals surface area contributed by atoms with Gasteiger partial charge in [-0.1, -0.05) is 25.0 Å². The third-order valence-corrected chi connectivity index (χ3v) is 5.38. The van der Waals surface area contributed by atoms with Crippen molar-refractivity contribution >= 4 is 15.7 Å². The highest BCUT2D eigenvalue weighted by molar-refractivity contribution is 7.89. The van der Waals surface area contributed by atoms with Crippen LogP contribution in [0.1, 0.15) is 31.2 Å². The molecule has 0 heterocycles. The normalized spacial score (nSPS) is 17.8. The minimum Gasteiger partial charge on any atom is -0.389 e. The largest absolute Gasteiger partial charge is 0.389 e. The Bertz CT molecular complexity index is 651. The number of rotatable bonds is 5. The molecule has 1 aromatic carbocycles. The van der Waals surface area contributed by atoms with Gasteiger partial charge in [0.2, 0.25) is 10.0 Å². The fourth-order valence-corrected chi connectivity index (χ4v) is 4.15. The molecule has 0 radical (unpaired) electrons. The summed E-state index contributed by atoms with van der Waals surface area (Å²) in [5.74, 6) is 0. The number of sulfonamides is 1. The second kappa shape index (κ2) is 5.70. The summed E-state index contributed by atoms with van der Waals surface area (Å²) in [6.07, 6.45) is 2.77. The second-order valence-corrected chi connectivity index (χ2v) is 7.14. The topological polar surface area (TPSA) is 110 Å². The van der Waals surface area contributed by atoms with Crippen LogP contribution in [0.15, 0.2) is 23.1 Å². The summed E-state index contributed by atoms with van der Waals surface area (Å²) in [4.78, 5) is 9.96. The van der Waals surface area contributed by atoms with Crippen molar-refractivity contribution in [3.8, 4) is 0 Å². The first-order chi connectivity index (χ1) is 9.75. The van der Waals surface area contributed by atoms with Crippen LogP contribution in [0, 0.1) is 17.0 Å². The monoisotopic (exact) mass is 314 g/mol. The van der Waals surface area contributed by atoms with Gasteiger partial charge in [-0.2, -0.15) is 0 Å². The lowest BCUT2D eigenvalue weighted by Crippen LogP contribution is -2.41. The van der Waals surface area contributed by atoms with Gasteiger partial charge in [0.05, 0.1) is 10.5 Å². The van der Waals surface area contributed by atoms with E-state index in [4.69, 9.17) is 0 Å². The van der Waals surface area contributed by atoms with Gasteiger partial charge in [-0.25, -0.2) is 13.1 Å². The van der Waals surface area contributed by atoms with Crippen LogP contribution in [0.25, 0.3) is 0 Å². The number of benzene rings is 1. The molecule has 1 fully saturated rings. The molecule has 0 saturated heterocycles. The van der Waals surface area contributed by atoms with Crippen molar-refractivity contribution < 1.29 is 18.4 Å². The summed E-state index contributed by atoms with van der Waals surface area (Å²) in [6, 6.07) is 4.11. The summed E-state index contributed by atoms with van der Waals surface area (Å²) in [7, 11) is -4.04. The number of nitro groups is 1. The van der Waals surface area contributed by atoms with E-state index in [0.29, 0.717) is 18.4 Å². The second-order valence-electron chi connectivity index (χ2n) is 5.44. The quantitative estimate of drug-likeness (QED) is 0.632. The fraction of sp³-hybridized carbons (Fsp3) is 0.538. The minimum absolute atomic E-state index is 0.124. The molecule has 8 heteroatoms. The summed E-state index contributed by atoms with van der Waals surface area (Å²) in [5.41, 5.74) is -1.21. The summed E-state index contributed by atoms with van der Waals surface area (Å²) < 4.78 is 27.0. The van der Waals surface area contributed by atoms with E-state index in [0.717, 1.165) is 18.9 Å². The Morgan fingerprint density at radius 1 is 1.38 bits per heavy atom. The minimum atomic E-state index is -4.04. The van der Waals surface area contributed by atoms with Crippen molar-refractivity contribution in [2.24, 2.45) is 0 Å². The van der Waals surface area contributed by atoms with Crippen molar-refractivity contribution in [3.05, 3.63) is 33.9 Å². The first kappa shape index (κ1) is 15.9. The molecule has 2 rings (SSSR count). The van der Waals surface area contributed by atoms with Crippen molar-refractivity contribution in [2.45, 2.75) is 43.1 Å². The van der Waals surface area contributed by atoms with E-state index in [2.05, 4.69) is 4.72 Å². The summed E-state index contributed by atoms with van der Waals surface area (Å²) in [6.45, 7) is 1.38. The Kier molecular flexibility index (Phi) is 4.31. The Morgan fingerprint density at radius 2 is 2.00 bits per heavy atom. The van der Waals surface area contributed by atoms with E-state index in [1.54, 1.807) is 0 Å². The van der Waals surface area contributed by atoms with Gasteiger partial charge in [-0.05, 0) is 25.3 Å². The van der Waals surface area contributed by atoms with Crippen molar-refractivity contribution in [1.82, 2.24) is 4.72 Å². The molecule has 0 bridgehead atoms. The Balaban J connectivity index is 2.29. The molecule has 1 saturated carbocycles. The zero-order chi connectivity index (χ0) is 15.7. The average molecular weight is 314 g/mol. The van der Waals surface area contributed by atoms with Gasteiger partial charge in [0, 0.05) is 12.6 Å². The number of nitrogens with zero attached hydrogens (tertiary/aromatic N) is 1. The molecule has 0 aromatic heterocycles. The average Bonchev–Trinajstić information content (AvgIpc) is 2.83. The Hall–Kier alpha value is -1.51. The maximum absolute atomic E-state index is 12.4. The lowest BCUT2D eigenvalue weighted by atomic mass is 10.0. The first-order valence-corrected chi connectivity index (χ1v) is 8.20. The molecule has 1 aliphatic carbocycles. The van der Waals surface area contributed by atoms with Crippen LogP contribution in [-0.2, 0) is 10.0 Å². The van der Waals surface area contributed by atoms with Crippen molar-refractivity contribution in [1.29, 1.82) is 0 Å². The smallest absolute Gasteiger partial charge is 0.289 e. The standard InChI is InChI=1S/C13H18N2O5S/c1-10-5-4-6-11(15(17)18)12(10)21(19,20)14-9-13(16)7-2-3-8-13/h4-6,14,16H,2-3,7-9H2,1H3. The SMILES string of the molecule is Cc1cccc([N+](=O)[O-])c1S(=O)(=O)NCC1(O)CCCC1. The molecule has 0 unspecified atom stereocenters. The Labute approximate surface area is 123 Å². The predicted molar refractivity (Wildman–Crippen MR) is 76.4 cm³/mol. The molecule has 0 atom stereocenters. The number of nitrogens with one attached hydrogen (secondary N) is 1. The first-order valence-electron chi connectivity index (χ1n) is 6.71. The molecule has 0 spiro atoms. The van der Waals surface area contributed by atoms with Crippen LogP contribution in [0.2, 0.25) is 0 Å². The third kappa shape index (κ3) is 3.39. The van der Waals surface area contributed by atoms with E-state index in [9.17, 15) is 23.6 Å². The van der Waals surface area contributed by atoms with Crippen LogP contribution >= 0.6 is 0 Å². The van der Waals surface area contributed by atoms with E-state index in [1.807, 2.05) is 0 Å². The highest BCUT2D eigenvalue weighted by Crippen LogP contribution is 2.30. The van der Waals surface area contributed by atoms with Gasteiger partial charge in [0.1, 0.15) is 0 Å². The van der Waals surface area contributed by atoms with Crippen LogP contribution in [-0.4, -0.2) is 30.6 Å². The van der Waals surface area contributed by atoms with Crippen molar-refractivity contribution in [2.75, 3.05) is 6.54 Å². The molecule has 116 valence electrons. The molecule has 0 aliphatic heterocycles. The van der Waals surface area contributed by atoms with E-state index in [1.165, 1.54) is 19.1 Å². The maximum Gasteiger partial charge on any atom is 0.289 e. The van der Waals surface area contributed by atoms with E-state index < -0.39 is 26.2 Å². The number of hydrogen-bond acceptors (Lipinski definition) is 5. The van der Waals surface area contributed by atoms with E-state index in [-0.39, 0.29) is 11.4 Å². The van der Waals surface area contributed by atoms with Gasteiger partial charge in [-0.3, -0.25) is 10.1 Å². The van der Waals surface area contributed by atoms with Crippen molar-refractivity contribution in [3.63, 3.8) is 0 Å². The molecule has 21 heavy (non-hydrogen) atoms. The number of hydrogen-bond donors (Lipinski definition) is 2. The molecule has 2 N–H and O–H groups in total. The maximum atomic E-state index is 12.4. The fourth-order valence-electron chi connectivity index (χ4n) is 2.64. The van der Waals surface area contributed by atoms with Gasteiger partial charge >= 0.3 is 0 Å².